The number of hydrogen-bond donors (Lipinski definition) is 1. The Morgan fingerprint density at radius 1 is 0.955 bits per heavy atom. The van der Waals surface area contributed by atoms with E-state index in [0.29, 0.717) is 11.5 Å². The van der Waals surface area contributed by atoms with Crippen LogP contribution in [-0.2, 0) is 12.0 Å². The Kier molecular flexibility index (Phi) is 4.63. The second-order valence-corrected chi connectivity index (χ2v) is 7.07. The largest absolute Gasteiger partial charge is 0.310 e. The van der Waals surface area contributed by atoms with Crippen molar-refractivity contribution in [3.05, 3.63) is 71.3 Å². The fourth-order valence-electron chi connectivity index (χ4n) is 3.56. The fourth-order valence-corrected chi connectivity index (χ4v) is 3.56. The van der Waals surface area contributed by atoms with Crippen molar-refractivity contribution in [3.8, 4) is 0 Å². The predicted molar refractivity (Wildman–Crippen MR) is 94.1 cm³/mol. The van der Waals surface area contributed by atoms with Crippen LogP contribution in [0.5, 0.6) is 0 Å². The molecule has 0 spiro atoms. The van der Waals surface area contributed by atoms with Crippen LogP contribution in [0.1, 0.15) is 49.3 Å². The third-order valence-electron chi connectivity index (χ3n) is 5.28. The number of aryl methyl sites for hydroxylation is 1. The topological polar surface area (TPSA) is 12.0 Å². The summed E-state index contributed by atoms with van der Waals surface area (Å²) in [6.07, 6.45) is 5.11. The van der Waals surface area contributed by atoms with E-state index in [4.69, 9.17) is 0 Å². The Bertz CT molecular complexity index is 577. The van der Waals surface area contributed by atoms with Gasteiger partial charge in [0.25, 0.3) is 0 Å². The van der Waals surface area contributed by atoms with E-state index in [0.717, 1.165) is 6.54 Å². The molecule has 1 nitrogen and oxygen atoms in total. The van der Waals surface area contributed by atoms with Gasteiger partial charge in [-0.1, -0.05) is 67.1 Å². The summed E-state index contributed by atoms with van der Waals surface area (Å²) in [6.45, 7) is 5.59. The number of hydrogen-bond acceptors (Lipinski definition) is 1. The number of benzene rings is 2. The molecule has 0 saturated heterocycles. The van der Waals surface area contributed by atoms with Crippen molar-refractivity contribution in [3.63, 3.8) is 0 Å². The van der Waals surface area contributed by atoms with Gasteiger partial charge in [0.05, 0.1) is 0 Å². The Balaban J connectivity index is 1.54. The molecule has 0 aromatic heterocycles. The molecule has 2 aromatic carbocycles. The van der Waals surface area contributed by atoms with Crippen molar-refractivity contribution in [2.75, 3.05) is 0 Å². The van der Waals surface area contributed by atoms with Crippen LogP contribution >= 0.6 is 0 Å². The summed E-state index contributed by atoms with van der Waals surface area (Å²) in [5.74, 6) is 0. The van der Waals surface area contributed by atoms with Crippen molar-refractivity contribution in [2.45, 2.75) is 57.5 Å². The van der Waals surface area contributed by atoms with E-state index in [-0.39, 0.29) is 0 Å². The SMILES string of the molecule is Cc1ccc([C@]2(C)CC[C@@H](NCc3ccccc3)CC2)cc1. The molecular formula is C21H27N. The van der Waals surface area contributed by atoms with E-state index in [9.17, 15) is 0 Å². The quantitative estimate of drug-likeness (QED) is 0.838. The van der Waals surface area contributed by atoms with Gasteiger partial charge in [-0.05, 0) is 49.1 Å². The second kappa shape index (κ2) is 6.66. The molecule has 0 amide bonds. The molecule has 1 fully saturated rings. The molecule has 1 saturated carbocycles. The van der Waals surface area contributed by atoms with Gasteiger partial charge in [0, 0.05) is 12.6 Å². The first-order valence-electron chi connectivity index (χ1n) is 8.50. The lowest BCUT2D eigenvalue weighted by atomic mass is 9.69. The van der Waals surface area contributed by atoms with Gasteiger partial charge in [0.2, 0.25) is 0 Å². The molecule has 1 heteroatoms. The van der Waals surface area contributed by atoms with Crippen molar-refractivity contribution in [1.82, 2.24) is 5.32 Å². The molecular weight excluding hydrogens is 266 g/mol. The van der Waals surface area contributed by atoms with Gasteiger partial charge in [0.1, 0.15) is 0 Å². The van der Waals surface area contributed by atoms with Crippen LogP contribution in [0, 0.1) is 6.92 Å². The van der Waals surface area contributed by atoms with Crippen LogP contribution in [0.3, 0.4) is 0 Å². The van der Waals surface area contributed by atoms with E-state index in [1.54, 1.807) is 0 Å². The smallest absolute Gasteiger partial charge is 0.0208 e. The second-order valence-electron chi connectivity index (χ2n) is 7.07. The molecule has 0 radical (unpaired) electrons. The molecule has 116 valence electrons. The summed E-state index contributed by atoms with van der Waals surface area (Å²) < 4.78 is 0. The number of nitrogens with one attached hydrogen (secondary N) is 1. The summed E-state index contributed by atoms with van der Waals surface area (Å²) in [5.41, 5.74) is 4.61. The van der Waals surface area contributed by atoms with Crippen LogP contribution in [-0.4, -0.2) is 6.04 Å². The van der Waals surface area contributed by atoms with Crippen molar-refractivity contribution in [2.24, 2.45) is 0 Å². The zero-order chi connectivity index (χ0) is 15.4. The molecule has 1 aliphatic rings. The van der Waals surface area contributed by atoms with Crippen LogP contribution in [0.15, 0.2) is 54.6 Å². The monoisotopic (exact) mass is 293 g/mol. The molecule has 0 aliphatic heterocycles. The third kappa shape index (κ3) is 3.59. The zero-order valence-corrected chi connectivity index (χ0v) is 13.8. The predicted octanol–water partition coefficient (Wildman–Crippen LogP) is 4.99. The highest BCUT2D eigenvalue weighted by Crippen LogP contribution is 2.39. The van der Waals surface area contributed by atoms with Gasteiger partial charge in [0.15, 0.2) is 0 Å². The summed E-state index contributed by atoms with van der Waals surface area (Å²) in [6, 6.07) is 20.5. The molecule has 0 unspecified atom stereocenters. The summed E-state index contributed by atoms with van der Waals surface area (Å²) >= 11 is 0. The van der Waals surface area contributed by atoms with Crippen molar-refractivity contribution >= 4 is 0 Å². The average Bonchev–Trinajstić information content (AvgIpc) is 2.56. The highest BCUT2D eigenvalue weighted by Gasteiger charge is 2.32. The Morgan fingerprint density at radius 2 is 1.59 bits per heavy atom. The van der Waals surface area contributed by atoms with Gasteiger partial charge in [-0.25, -0.2) is 0 Å². The van der Waals surface area contributed by atoms with Gasteiger partial charge < -0.3 is 5.32 Å². The molecule has 22 heavy (non-hydrogen) atoms. The van der Waals surface area contributed by atoms with Gasteiger partial charge >= 0.3 is 0 Å². The first-order chi connectivity index (χ1) is 10.7. The average molecular weight is 293 g/mol. The minimum atomic E-state index is 0.360. The van der Waals surface area contributed by atoms with Crippen LogP contribution in [0.4, 0.5) is 0 Å². The highest BCUT2D eigenvalue weighted by molar-refractivity contribution is 5.28. The van der Waals surface area contributed by atoms with E-state index in [2.05, 4.69) is 73.8 Å². The Hall–Kier alpha value is -1.60. The molecule has 1 aliphatic carbocycles. The van der Waals surface area contributed by atoms with E-state index in [1.807, 2.05) is 0 Å². The van der Waals surface area contributed by atoms with Gasteiger partial charge in [-0.2, -0.15) is 0 Å². The maximum Gasteiger partial charge on any atom is 0.0208 e. The summed E-state index contributed by atoms with van der Waals surface area (Å²) in [7, 11) is 0. The van der Waals surface area contributed by atoms with E-state index < -0.39 is 0 Å². The zero-order valence-electron chi connectivity index (χ0n) is 13.8. The van der Waals surface area contributed by atoms with Gasteiger partial charge in [-0.15, -0.1) is 0 Å². The third-order valence-corrected chi connectivity index (χ3v) is 5.28. The lowest BCUT2D eigenvalue weighted by molar-refractivity contribution is 0.263. The fraction of sp³-hybridized carbons (Fsp3) is 0.429. The number of rotatable bonds is 4. The van der Waals surface area contributed by atoms with Crippen LogP contribution in [0.25, 0.3) is 0 Å². The minimum absolute atomic E-state index is 0.360. The normalized spacial score (nSPS) is 25.1. The van der Waals surface area contributed by atoms with Crippen molar-refractivity contribution < 1.29 is 0 Å². The highest BCUT2D eigenvalue weighted by atomic mass is 14.9. The minimum Gasteiger partial charge on any atom is -0.310 e. The molecule has 0 bridgehead atoms. The molecule has 3 rings (SSSR count). The molecule has 1 N–H and O–H groups in total. The molecule has 0 heterocycles. The van der Waals surface area contributed by atoms with Gasteiger partial charge in [-0.3, -0.25) is 0 Å². The Morgan fingerprint density at radius 3 is 2.23 bits per heavy atom. The lowest BCUT2D eigenvalue weighted by Gasteiger charge is -2.38. The Labute approximate surface area is 134 Å². The maximum atomic E-state index is 3.74. The standard InChI is InChI=1S/C21H27N/c1-17-8-10-19(11-9-17)21(2)14-12-20(13-15-21)22-16-18-6-4-3-5-7-18/h3-11,20,22H,12-16H2,1-2H3/t20-,21-. The maximum absolute atomic E-state index is 3.74. The van der Waals surface area contributed by atoms with Crippen LogP contribution in [0.2, 0.25) is 0 Å². The van der Waals surface area contributed by atoms with E-state index in [1.165, 1.54) is 42.4 Å². The van der Waals surface area contributed by atoms with E-state index >= 15 is 0 Å². The molecule has 0 atom stereocenters. The first-order valence-corrected chi connectivity index (χ1v) is 8.50. The van der Waals surface area contributed by atoms with Crippen LogP contribution < -0.4 is 5.32 Å². The summed E-state index contributed by atoms with van der Waals surface area (Å²) in [4.78, 5) is 0. The lowest BCUT2D eigenvalue weighted by Crippen LogP contribution is -2.38. The first kappa shape index (κ1) is 15.3. The summed E-state index contributed by atoms with van der Waals surface area (Å²) in [5, 5.41) is 3.74. The van der Waals surface area contributed by atoms with Crippen molar-refractivity contribution in [1.29, 1.82) is 0 Å². The molecule has 2 aromatic rings.